The van der Waals surface area contributed by atoms with Gasteiger partial charge in [0.25, 0.3) is 5.01 Å². The van der Waals surface area contributed by atoms with Gasteiger partial charge in [0.15, 0.2) is 0 Å². The summed E-state index contributed by atoms with van der Waals surface area (Å²) in [5, 5.41) is 13.5. The number of aliphatic carboxylic acids is 1. The number of hydrogen-bond donors (Lipinski definition) is 0. The summed E-state index contributed by atoms with van der Waals surface area (Å²) >= 11 is 3.53. The number of fused-ring (bicyclic) bond motifs is 2. The normalized spacial score (nSPS) is 19.6. The number of allylic oxidation sites excluding steroid dienone is 4. The molecular formula is C28H28N2O2S2. The fraction of sp³-hybridized carbons (Fsp3) is 0.286. The zero-order chi connectivity index (χ0) is 23.9. The zero-order valence-electron chi connectivity index (χ0n) is 19.7. The summed E-state index contributed by atoms with van der Waals surface area (Å²) in [5.41, 5.74) is 5.08. The second-order valence-corrected chi connectivity index (χ2v) is 11.9. The van der Waals surface area contributed by atoms with E-state index in [0.29, 0.717) is 6.54 Å². The van der Waals surface area contributed by atoms with Gasteiger partial charge in [0.2, 0.25) is 5.52 Å². The van der Waals surface area contributed by atoms with Crippen molar-refractivity contribution in [2.24, 2.45) is 12.5 Å². The van der Waals surface area contributed by atoms with Crippen molar-refractivity contribution in [3.63, 3.8) is 0 Å². The van der Waals surface area contributed by atoms with Gasteiger partial charge in [-0.3, -0.25) is 0 Å². The predicted molar refractivity (Wildman–Crippen MR) is 139 cm³/mol. The van der Waals surface area contributed by atoms with Crippen LogP contribution in [-0.2, 0) is 11.8 Å². The molecule has 0 saturated heterocycles. The minimum atomic E-state index is -1.02. The molecule has 5 rings (SSSR count). The van der Waals surface area contributed by atoms with Gasteiger partial charge in [-0.25, -0.2) is 0 Å². The first-order valence-corrected chi connectivity index (χ1v) is 13.2. The Balaban J connectivity index is 1.51. The number of carboxylic acids is 1. The molecular weight excluding hydrogens is 460 g/mol. The van der Waals surface area contributed by atoms with Gasteiger partial charge in [0.05, 0.1) is 10.7 Å². The highest BCUT2D eigenvalue weighted by Crippen LogP contribution is 2.47. The fourth-order valence-electron chi connectivity index (χ4n) is 4.85. The summed E-state index contributed by atoms with van der Waals surface area (Å²) in [4.78, 5) is 14.5. The molecule has 2 aromatic carbocycles. The van der Waals surface area contributed by atoms with Crippen LogP contribution in [0.1, 0.15) is 38.1 Å². The maximum Gasteiger partial charge on any atom is 0.262 e. The lowest BCUT2D eigenvalue weighted by Gasteiger charge is -2.31. The number of rotatable bonds is 5. The lowest BCUT2D eigenvalue weighted by atomic mass is 9.75. The Morgan fingerprint density at radius 2 is 1.88 bits per heavy atom. The number of carbonyl (C=O) groups is 1. The number of hydrogen-bond acceptors (Lipinski definition) is 5. The standard InChI is InChI=1S/C28H28N2O2S2/c1-28(2)17-19(15-25-29(3)21-8-4-6-10-23(21)33-25)14-20(18-28)16-26-30(13-12-27(31)32)22-9-5-7-11-24(22)34-26/h4-11,14-16H,12-13,17-18H2,1-3H3. The molecule has 1 aliphatic carbocycles. The first-order chi connectivity index (χ1) is 16.3. The number of thiazole rings is 1. The maximum atomic E-state index is 11.2. The quantitative estimate of drug-likeness (QED) is 0.448. The van der Waals surface area contributed by atoms with E-state index < -0.39 is 5.97 Å². The van der Waals surface area contributed by atoms with E-state index >= 15 is 0 Å². The van der Waals surface area contributed by atoms with E-state index in [9.17, 15) is 9.90 Å². The van der Waals surface area contributed by atoms with Gasteiger partial charge in [-0.1, -0.05) is 67.3 Å². The molecule has 34 heavy (non-hydrogen) atoms. The average molecular weight is 489 g/mol. The van der Waals surface area contributed by atoms with E-state index in [1.165, 1.54) is 26.4 Å². The largest absolute Gasteiger partial charge is 0.550 e. The first kappa shape index (κ1) is 22.9. The van der Waals surface area contributed by atoms with Gasteiger partial charge in [0, 0.05) is 36.0 Å². The number of carbonyl (C=O) groups excluding carboxylic acids is 1. The number of benzene rings is 2. The fourth-order valence-corrected chi connectivity index (χ4v) is 7.14. The molecule has 0 N–H and O–H groups in total. The summed E-state index contributed by atoms with van der Waals surface area (Å²) in [6, 6.07) is 16.7. The van der Waals surface area contributed by atoms with E-state index in [2.05, 4.69) is 85.0 Å². The van der Waals surface area contributed by atoms with Gasteiger partial charge >= 0.3 is 0 Å². The molecule has 2 aliphatic rings. The van der Waals surface area contributed by atoms with Gasteiger partial charge in [-0.15, -0.1) is 0 Å². The molecule has 1 aromatic heterocycles. The Bertz CT molecular complexity index is 1360. The van der Waals surface area contributed by atoms with Crippen molar-refractivity contribution in [1.82, 2.24) is 0 Å². The second-order valence-electron chi connectivity index (χ2n) is 9.75. The number of aromatic nitrogens is 1. The first-order valence-electron chi connectivity index (χ1n) is 11.5. The molecule has 0 unspecified atom stereocenters. The Labute approximate surface area is 208 Å². The maximum absolute atomic E-state index is 11.2. The van der Waals surface area contributed by atoms with Crippen molar-refractivity contribution in [1.29, 1.82) is 0 Å². The molecule has 1 aliphatic heterocycles. The number of carboxylic acid groups (broad SMARTS) is 1. The molecule has 4 nitrogen and oxygen atoms in total. The van der Waals surface area contributed by atoms with E-state index in [0.717, 1.165) is 28.5 Å². The molecule has 0 fully saturated rings. The van der Waals surface area contributed by atoms with Crippen LogP contribution in [0.25, 0.3) is 16.3 Å². The van der Waals surface area contributed by atoms with Crippen LogP contribution in [0.5, 0.6) is 0 Å². The number of anilines is 1. The summed E-state index contributed by atoms with van der Waals surface area (Å²) in [6.45, 7) is 5.05. The van der Waals surface area contributed by atoms with Gasteiger partial charge in [-0.2, -0.15) is 4.57 Å². The minimum Gasteiger partial charge on any atom is -0.550 e. The summed E-state index contributed by atoms with van der Waals surface area (Å²) in [7, 11) is 2.13. The molecule has 0 radical (unpaired) electrons. The number of para-hydroxylation sites is 2. The van der Waals surface area contributed by atoms with Gasteiger partial charge < -0.3 is 14.8 Å². The molecule has 3 aromatic rings. The molecule has 174 valence electrons. The molecule has 2 heterocycles. The number of nitrogens with zero attached hydrogens (tertiary/aromatic N) is 2. The number of thioether (sulfide) groups is 1. The van der Waals surface area contributed by atoms with Crippen LogP contribution >= 0.6 is 23.1 Å². The van der Waals surface area contributed by atoms with E-state index in [-0.39, 0.29) is 11.8 Å². The topological polar surface area (TPSA) is 47.2 Å². The van der Waals surface area contributed by atoms with Crippen LogP contribution in [0.3, 0.4) is 0 Å². The van der Waals surface area contributed by atoms with Crippen molar-refractivity contribution in [3.05, 3.63) is 81.9 Å². The zero-order valence-corrected chi connectivity index (χ0v) is 21.3. The average Bonchev–Trinajstić information content (AvgIpc) is 3.28. The van der Waals surface area contributed by atoms with Crippen molar-refractivity contribution in [2.75, 3.05) is 11.4 Å². The molecule has 0 saturated carbocycles. The second kappa shape index (κ2) is 9.08. The summed E-state index contributed by atoms with van der Waals surface area (Å²) in [6.07, 6.45) is 8.91. The SMILES string of the molecule is C[n+]1c(C=C2C=C(C=C3Sc4ccccc4N3CCC(=O)[O-])CC(C)(C)C2)sc2ccccc21. The Kier molecular flexibility index (Phi) is 6.13. The van der Waals surface area contributed by atoms with Gasteiger partial charge in [0.1, 0.15) is 11.7 Å². The monoisotopic (exact) mass is 488 g/mol. The van der Waals surface area contributed by atoms with Crippen molar-refractivity contribution in [3.8, 4) is 0 Å². The predicted octanol–water partition coefficient (Wildman–Crippen LogP) is 5.45. The van der Waals surface area contributed by atoms with E-state index in [1.54, 1.807) is 11.8 Å². The third-order valence-corrected chi connectivity index (χ3v) is 8.58. The highest BCUT2D eigenvalue weighted by atomic mass is 32.2. The molecule has 0 spiro atoms. The lowest BCUT2D eigenvalue weighted by molar-refractivity contribution is -0.642. The van der Waals surface area contributed by atoms with Crippen LogP contribution in [0.2, 0.25) is 0 Å². The third kappa shape index (κ3) is 4.70. The van der Waals surface area contributed by atoms with Crippen molar-refractivity contribution < 1.29 is 14.5 Å². The Morgan fingerprint density at radius 3 is 2.68 bits per heavy atom. The highest BCUT2D eigenvalue weighted by Gasteiger charge is 2.29. The van der Waals surface area contributed by atoms with Crippen LogP contribution in [0.15, 0.2) is 81.8 Å². The Hall–Kier alpha value is -2.83. The van der Waals surface area contributed by atoms with Crippen LogP contribution in [0, 0.1) is 5.41 Å². The molecule has 0 bridgehead atoms. The van der Waals surface area contributed by atoms with E-state index in [1.807, 2.05) is 23.5 Å². The molecule has 6 heteroatoms. The third-order valence-electron chi connectivity index (χ3n) is 6.30. The highest BCUT2D eigenvalue weighted by molar-refractivity contribution is 8.03. The smallest absolute Gasteiger partial charge is 0.262 e. The van der Waals surface area contributed by atoms with Crippen molar-refractivity contribution in [2.45, 2.75) is 38.0 Å². The molecule has 0 amide bonds. The Morgan fingerprint density at radius 1 is 1.12 bits per heavy atom. The van der Waals surface area contributed by atoms with Crippen LogP contribution < -0.4 is 14.6 Å². The van der Waals surface area contributed by atoms with Crippen LogP contribution in [-0.4, -0.2) is 12.5 Å². The summed E-state index contributed by atoms with van der Waals surface area (Å²) in [5.74, 6) is -1.02. The van der Waals surface area contributed by atoms with Gasteiger partial charge in [-0.05, 0) is 53.7 Å². The number of aryl methyl sites for hydroxylation is 1. The van der Waals surface area contributed by atoms with Crippen LogP contribution in [0.4, 0.5) is 5.69 Å². The lowest BCUT2D eigenvalue weighted by Crippen LogP contribution is -2.29. The minimum absolute atomic E-state index is 0.00433. The van der Waals surface area contributed by atoms with Crippen molar-refractivity contribution >= 4 is 51.0 Å². The van der Waals surface area contributed by atoms with E-state index in [4.69, 9.17) is 0 Å². The summed E-state index contributed by atoms with van der Waals surface area (Å²) < 4.78 is 3.56. The molecule has 0 atom stereocenters.